The molecule has 0 bridgehead atoms. The van der Waals surface area contributed by atoms with Crippen LogP contribution in [0, 0.1) is 6.92 Å². The Balaban J connectivity index is 1.52. The molecule has 1 aromatic carbocycles. The van der Waals surface area contributed by atoms with Gasteiger partial charge in [-0.05, 0) is 20.0 Å². The smallest absolute Gasteiger partial charge is 0.290 e. The fourth-order valence-electron chi connectivity index (χ4n) is 3.97. The second-order valence-electron chi connectivity index (χ2n) is 7.24. The molecule has 2 atom stereocenters. The molecule has 6 nitrogen and oxygen atoms in total. The first-order valence-electron chi connectivity index (χ1n) is 8.92. The number of β-amino-alcohol motifs (C(OH)–C–C–N with tert-alkyl or cyclic N) is 1. The number of aliphatic hydroxyl groups is 1. The lowest BCUT2D eigenvalue weighted by atomic mass is 10.1. The molecule has 2 aromatic rings. The number of hydrogen-bond donors (Lipinski definition) is 1. The largest absolute Gasteiger partial charge is 0.451 e. The highest BCUT2D eigenvalue weighted by molar-refractivity contribution is 5.99. The third-order valence-electron chi connectivity index (χ3n) is 5.59. The first kappa shape index (κ1) is 16.6. The SMILES string of the molecule is Cc1c(C(=O)N2C[C@@H](O)[C@H](N3CCN(C)CC3)C2)oc2ccccc12. The molecular weight excluding hydrogens is 318 g/mol. The predicted molar refractivity (Wildman–Crippen MR) is 95.7 cm³/mol. The Labute approximate surface area is 147 Å². The molecule has 0 spiro atoms. The van der Waals surface area contributed by atoms with Crippen LogP contribution in [-0.4, -0.2) is 84.2 Å². The van der Waals surface area contributed by atoms with E-state index < -0.39 is 6.10 Å². The lowest BCUT2D eigenvalue weighted by Crippen LogP contribution is -2.52. The lowest BCUT2D eigenvalue weighted by Gasteiger charge is -2.37. The topological polar surface area (TPSA) is 60.2 Å². The second-order valence-corrected chi connectivity index (χ2v) is 7.24. The summed E-state index contributed by atoms with van der Waals surface area (Å²) in [6.45, 7) is 6.71. The van der Waals surface area contributed by atoms with Gasteiger partial charge in [0.25, 0.3) is 5.91 Å². The molecule has 1 aromatic heterocycles. The van der Waals surface area contributed by atoms with Gasteiger partial charge in [-0.2, -0.15) is 0 Å². The Morgan fingerprint density at radius 2 is 1.88 bits per heavy atom. The quantitative estimate of drug-likeness (QED) is 0.887. The number of nitrogens with zero attached hydrogens (tertiary/aromatic N) is 3. The fraction of sp³-hybridized carbons (Fsp3) is 0.526. The number of rotatable bonds is 2. The van der Waals surface area contributed by atoms with Gasteiger partial charge in [-0.15, -0.1) is 0 Å². The summed E-state index contributed by atoms with van der Waals surface area (Å²) in [5, 5.41) is 11.5. The Morgan fingerprint density at radius 1 is 1.16 bits per heavy atom. The van der Waals surface area contributed by atoms with Crippen LogP contribution in [0.2, 0.25) is 0 Å². The maximum absolute atomic E-state index is 13.0. The molecule has 134 valence electrons. The van der Waals surface area contributed by atoms with Gasteiger partial charge in [0, 0.05) is 50.2 Å². The summed E-state index contributed by atoms with van der Waals surface area (Å²) in [6, 6.07) is 7.72. The zero-order chi connectivity index (χ0) is 17.6. The van der Waals surface area contributed by atoms with Crippen LogP contribution >= 0.6 is 0 Å². The highest BCUT2D eigenvalue weighted by Crippen LogP contribution is 2.28. The number of benzene rings is 1. The summed E-state index contributed by atoms with van der Waals surface area (Å²) in [4.78, 5) is 19.3. The number of piperazine rings is 1. The van der Waals surface area contributed by atoms with Crippen molar-refractivity contribution in [3.63, 3.8) is 0 Å². The molecule has 3 heterocycles. The molecule has 0 saturated carbocycles. The number of aryl methyl sites for hydroxylation is 1. The van der Waals surface area contributed by atoms with E-state index in [1.54, 1.807) is 4.90 Å². The second kappa shape index (κ2) is 6.44. The molecule has 6 heteroatoms. The van der Waals surface area contributed by atoms with E-state index in [1.807, 2.05) is 31.2 Å². The molecule has 2 aliphatic heterocycles. The Hall–Kier alpha value is -1.89. The van der Waals surface area contributed by atoms with Crippen LogP contribution in [0.5, 0.6) is 0 Å². The third kappa shape index (κ3) is 2.94. The van der Waals surface area contributed by atoms with Gasteiger partial charge in [-0.3, -0.25) is 9.69 Å². The minimum atomic E-state index is -0.503. The van der Waals surface area contributed by atoms with Crippen LogP contribution < -0.4 is 0 Å². The van der Waals surface area contributed by atoms with Gasteiger partial charge >= 0.3 is 0 Å². The summed E-state index contributed by atoms with van der Waals surface area (Å²) < 4.78 is 5.81. The van der Waals surface area contributed by atoms with E-state index in [0.717, 1.165) is 42.7 Å². The summed E-state index contributed by atoms with van der Waals surface area (Å²) in [6.07, 6.45) is -0.503. The molecular formula is C19H25N3O3. The zero-order valence-corrected chi connectivity index (χ0v) is 14.8. The van der Waals surface area contributed by atoms with E-state index in [4.69, 9.17) is 4.42 Å². The van der Waals surface area contributed by atoms with Crippen LogP contribution in [-0.2, 0) is 0 Å². The van der Waals surface area contributed by atoms with Crippen molar-refractivity contribution in [2.45, 2.75) is 19.1 Å². The first-order valence-corrected chi connectivity index (χ1v) is 8.92. The van der Waals surface area contributed by atoms with E-state index in [2.05, 4.69) is 16.8 Å². The van der Waals surface area contributed by atoms with Crippen molar-refractivity contribution in [1.29, 1.82) is 0 Å². The van der Waals surface area contributed by atoms with E-state index in [0.29, 0.717) is 18.8 Å². The fourth-order valence-corrected chi connectivity index (χ4v) is 3.97. The van der Waals surface area contributed by atoms with Crippen LogP contribution in [0.4, 0.5) is 0 Å². The number of likely N-dealkylation sites (tertiary alicyclic amines) is 1. The van der Waals surface area contributed by atoms with Crippen molar-refractivity contribution >= 4 is 16.9 Å². The molecule has 0 aliphatic carbocycles. The van der Waals surface area contributed by atoms with E-state index in [1.165, 1.54) is 0 Å². The number of hydrogen-bond acceptors (Lipinski definition) is 5. The third-order valence-corrected chi connectivity index (χ3v) is 5.59. The zero-order valence-electron chi connectivity index (χ0n) is 14.8. The predicted octanol–water partition coefficient (Wildman–Crippen LogP) is 1.17. The molecule has 1 N–H and O–H groups in total. The summed E-state index contributed by atoms with van der Waals surface area (Å²) in [5.41, 5.74) is 1.61. The van der Waals surface area contributed by atoms with Crippen LogP contribution in [0.3, 0.4) is 0 Å². The average Bonchev–Trinajstić information content (AvgIpc) is 3.16. The summed E-state index contributed by atoms with van der Waals surface area (Å²) in [7, 11) is 2.11. The van der Waals surface area contributed by atoms with Gasteiger partial charge in [-0.25, -0.2) is 0 Å². The normalized spacial score (nSPS) is 25.8. The van der Waals surface area contributed by atoms with Crippen molar-refractivity contribution in [2.75, 3.05) is 46.3 Å². The molecule has 2 fully saturated rings. The number of fused-ring (bicyclic) bond motifs is 1. The monoisotopic (exact) mass is 343 g/mol. The molecule has 2 aliphatic rings. The van der Waals surface area contributed by atoms with Crippen LogP contribution in [0.15, 0.2) is 28.7 Å². The molecule has 1 amide bonds. The number of para-hydroxylation sites is 1. The van der Waals surface area contributed by atoms with E-state index in [9.17, 15) is 9.90 Å². The van der Waals surface area contributed by atoms with Crippen molar-refractivity contribution in [3.8, 4) is 0 Å². The van der Waals surface area contributed by atoms with E-state index in [-0.39, 0.29) is 11.9 Å². The number of likely N-dealkylation sites (N-methyl/N-ethyl adjacent to an activating group) is 1. The minimum absolute atomic E-state index is 0.0161. The van der Waals surface area contributed by atoms with Crippen molar-refractivity contribution < 1.29 is 14.3 Å². The van der Waals surface area contributed by atoms with Gasteiger partial charge in [0.1, 0.15) is 5.58 Å². The summed E-state index contributed by atoms with van der Waals surface area (Å²) >= 11 is 0. The first-order chi connectivity index (χ1) is 12.0. The van der Waals surface area contributed by atoms with Crippen LogP contribution in [0.1, 0.15) is 16.1 Å². The maximum atomic E-state index is 13.0. The number of furan rings is 1. The Morgan fingerprint density at radius 3 is 2.60 bits per heavy atom. The van der Waals surface area contributed by atoms with Crippen molar-refractivity contribution in [3.05, 3.63) is 35.6 Å². The lowest BCUT2D eigenvalue weighted by molar-refractivity contribution is 0.0512. The number of carbonyl (C=O) groups is 1. The Bertz CT molecular complexity index is 779. The van der Waals surface area contributed by atoms with Gasteiger partial charge < -0.3 is 19.3 Å². The highest BCUT2D eigenvalue weighted by Gasteiger charge is 2.39. The van der Waals surface area contributed by atoms with Gasteiger partial charge in [0.15, 0.2) is 5.76 Å². The van der Waals surface area contributed by atoms with Gasteiger partial charge in [0.05, 0.1) is 12.1 Å². The van der Waals surface area contributed by atoms with Crippen molar-refractivity contribution in [1.82, 2.24) is 14.7 Å². The van der Waals surface area contributed by atoms with Crippen LogP contribution in [0.25, 0.3) is 11.0 Å². The summed E-state index contributed by atoms with van der Waals surface area (Å²) in [5.74, 6) is 0.275. The Kier molecular flexibility index (Phi) is 4.27. The van der Waals surface area contributed by atoms with Gasteiger partial charge in [0.2, 0.25) is 0 Å². The number of carbonyl (C=O) groups excluding carboxylic acids is 1. The standard InChI is InChI=1S/C19H25N3O3/c1-13-14-5-3-4-6-17(14)25-18(13)19(24)22-11-15(16(23)12-22)21-9-7-20(2)8-10-21/h3-6,15-16,23H,7-12H2,1-2H3/t15-,16-/m1/s1. The minimum Gasteiger partial charge on any atom is -0.451 e. The van der Waals surface area contributed by atoms with Crippen molar-refractivity contribution in [2.24, 2.45) is 0 Å². The molecule has 0 radical (unpaired) electrons. The van der Waals surface area contributed by atoms with Gasteiger partial charge in [-0.1, -0.05) is 18.2 Å². The van der Waals surface area contributed by atoms with E-state index >= 15 is 0 Å². The number of amides is 1. The molecule has 25 heavy (non-hydrogen) atoms. The average molecular weight is 343 g/mol. The molecule has 4 rings (SSSR count). The highest BCUT2D eigenvalue weighted by atomic mass is 16.3. The molecule has 2 saturated heterocycles. The molecule has 0 unspecified atom stereocenters. The number of aliphatic hydroxyl groups excluding tert-OH is 1. The maximum Gasteiger partial charge on any atom is 0.290 e.